The first-order valence-corrected chi connectivity index (χ1v) is 10.0. The molecule has 152 valence electrons. The number of nitrogens with zero attached hydrogens (tertiary/aromatic N) is 2. The van der Waals surface area contributed by atoms with Crippen molar-refractivity contribution < 1.29 is 9.50 Å². The SMILES string of the molecule is Oc1ccc(-c2nc3ccc(-c4ccccc4)cn3c2NCc2ccc(F)cc2)cc1. The van der Waals surface area contributed by atoms with E-state index in [2.05, 4.69) is 29.7 Å². The predicted octanol–water partition coefficient (Wildman–Crippen LogP) is 6.13. The van der Waals surface area contributed by atoms with E-state index in [0.29, 0.717) is 6.54 Å². The number of fused-ring (bicyclic) bond motifs is 1. The molecule has 0 radical (unpaired) electrons. The van der Waals surface area contributed by atoms with Crippen LogP contribution in [0.4, 0.5) is 10.2 Å². The molecule has 3 aromatic carbocycles. The number of rotatable bonds is 5. The van der Waals surface area contributed by atoms with Crippen LogP contribution in [0.15, 0.2) is 97.2 Å². The summed E-state index contributed by atoms with van der Waals surface area (Å²) in [4.78, 5) is 4.83. The van der Waals surface area contributed by atoms with Crippen molar-refractivity contribution in [1.82, 2.24) is 9.38 Å². The van der Waals surface area contributed by atoms with Gasteiger partial charge in [-0.2, -0.15) is 0 Å². The average Bonchev–Trinajstić information content (AvgIpc) is 3.17. The molecule has 2 aromatic heterocycles. The molecule has 5 rings (SSSR count). The van der Waals surface area contributed by atoms with E-state index in [1.165, 1.54) is 12.1 Å². The molecule has 0 fully saturated rings. The fourth-order valence-corrected chi connectivity index (χ4v) is 3.62. The zero-order chi connectivity index (χ0) is 21.2. The molecule has 0 atom stereocenters. The van der Waals surface area contributed by atoms with Gasteiger partial charge < -0.3 is 10.4 Å². The molecule has 0 bridgehead atoms. The highest BCUT2D eigenvalue weighted by molar-refractivity contribution is 5.78. The Labute approximate surface area is 179 Å². The maximum absolute atomic E-state index is 13.3. The van der Waals surface area contributed by atoms with Crippen molar-refractivity contribution in [1.29, 1.82) is 0 Å². The summed E-state index contributed by atoms with van der Waals surface area (Å²) >= 11 is 0. The van der Waals surface area contributed by atoms with Gasteiger partial charge >= 0.3 is 0 Å². The number of aromatic hydroxyl groups is 1. The van der Waals surface area contributed by atoms with Crippen LogP contribution in [-0.2, 0) is 6.54 Å². The minimum Gasteiger partial charge on any atom is -0.508 e. The minimum atomic E-state index is -0.254. The molecule has 0 aliphatic carbocycles. The first-order valence-electron chi connectivity index (χ1n) is 10.0. The summed E-state index contributed by atoms with van der Waals surface area (Å²) < 4.78 is 15.3. The third-order valence-electron chi connectivity index (χ3n) is 5.24. The second-order valence-electron chi connectivity index (χ2n) is 7.35. The lowest BCUT2D eigenvalue weighted by Gasteiger charge is -2.10. The van der Waals surface area contributed by atoms with Gasteiger partial charge in [0.1, 0.15) is 28.7 Å². The average molecular weight is 409 g/mol. The number of phenolic OH excluding ortho intramolecular Hbond substituents is 1. The highest BCUT2D eigenvalue weighted by Crippen LogP contribution is 2.32. The maximum Gasteiger partial charge on any atom is 0.139 e. The molecule has 0 aliphatic rings. The quantitative estimate of drug-likeness (QED) is 0.367. The molecule has 0 saturated heterocycles. The first-order chi connectivity index (χ1) is 15.2. The molecule has 4 nitrogen and oxygen atoms in total. The molecular formula is C26H20FN3O. The van der Waals surface area contributed by atoms with Crippen molar-refractivity contribution in [3.8, 4) is 28.1 Å². The topological polar surface area (TPSA) is 49.6 Å². The Bertz CT molecular complexity index is 1330. The van der Waals surface area contributed by atoms with Crippen molar-refractivity contribution in [2.24, 2.45) is 0 Å². The molecule has 5 aromatic rings. The molecule has 0 amide bonds. The lowest BCUT2D eigenvalue weighted by atomic mass is 10.1. The molecule has 0 saturated carbocycles. The van der Waals surface area contributed by atoms with E-state index in [-0.39, 0.29) is 11.6 Å². The summed E-state index contributed by atoms with van der Waals surface area (Å²) in [7, 11) is 0. The minimum absolute atomic E-state index is 0.208. The molecule has 31 heavy (non-hydrogen) atoms. The smallest absolute Gasteiger partial charge is 0.139 e. The summed E-state index contributed by atoms with van der Waals surface area (Å²) in [6.45, 7) is 0.523. The van der Waals surface area contributed by atoms with Crippen LogP contribution in [0.1, 0.15) is 5.56 Å². The Morgan fingerprint density at radius 2 is 1.48 bits per heavy atom. The molecule has 2 heterocycles. The molecule has 0 spiro atoms. The maximum atomic E-state index is 13.3. The van der Waals surface area contributed by atoms with E-state index in [0.717, 1.165) is 39.4 Å². The van der Waals surface area contributed by atoms with Gasteiger partial charge in [-0.15, -0.1) is 0 Å². The fraction of sp³-hybridized carbons (Fsp3) is 0.0385. The normalized spacial score (nSPS) is 11.0. The number of nitrogens with one attached hydrogen (secondary N) is 1. The summed E-state index contributed by atoms with van der Waals surface area (Å²) in [6, 6.07) is 27.7. The van der Waals surface area contributed by atoms with Crippen molar-refractivity contribution in [3.63, 3.8) is 0 Å². The van der Waals surface area contributed by atoms with Gasteiger partial charge in [0, 0.05) is 18.3 Å². The van der Waals surface area contributed by atoms with Gasteiger partial charge in [0.2, 0.25) is 0 Å². The van der Waals surface area contributed by atoms with Crippen molar-refractivity contribution in [2.75, 3.05) is 5.32 Å². The number of benzene rings is 3. The predicted molar refractivity (Wildman–Crippen MR) is 121 cm³/mol. The molecule has 0 aliphatic heterocycles. The Kier molecular flexibility index (Phi) is 4.84. The lowest BCUT2D eigenvalue weighted by Crippen LogP contribution is -2.03. The highest BCUT2D eigenvalue weighted by atomic mass is 19.1. The zero-order valence-electron chi connectivity index (χ0n) is 16.7. The number of anilines is 1. The summed E-state index contributed by atoms with van der Waals surface area (Å²) in [6.07, 6.45) is 2.06. The van der Waals surface area contributed by atoms with Crippen LogP contribution in [0, 0.1) is 5.82 Å². The van der Waals surface area contributed by atoms with Gasteiger partial charge in [0.15, 0.2) is 0 Å². The van der Waals surface area contributed by atoms with E-state index in [1.54, 1.807) is 24.3 Å². The number of pyridine rings is 1. The second-order valence-corrected chi connectivity index (χ2v) is 7.35. The van der Waals surface area contributed by atoms with Crippen molar-refractivity contribution >= 4 is 11.5 Å². The number of phenols is 1. The summed E-state index contributed by atoms with van der Waals surface area (Å²) in [5, 5.41) is 13.2. The molecule has 2 N–H and O–H groups in total. The van der Waals surface area contributed by atoms with Gasteiger partial charge in [-0.3, -0.25) is 4.40 Å². The largest absolute Gasteiger partial charge is 0.508 e. The van der Waals surface area contributed by atoms with E-state index in [4.69, 9.17) is 4.98 Å². The van der Waals surface area contributed by atoms with Gasteiger partial charge in [0.05, 0.1) is 0 Å². The van der Waals surface area contributed by atoms with Gasteiger partial charge in [0.25, 0.3) is 0 Å². The van der Waals surface area contributed by atoms with Crippen LogP contribution in [0.2, 0.25) is 0 Å². The Hall–Kier alpha value is -4.12. The molecule has 0 unspecified atom stereocenters. The monoisotopic (exact) mass is 409 g/mol. The van der Waals surface area contributed by atoms with E-state index in [1.807, 2.05) is 40.8 Å². The van der Waals surface area contributed by atoms with Crippen molar-refractivity contribution in [3.05, 3.63) is 109 Å². The van der Waals surface area contributed by atoms with E-state index in [9.17, 15) is 9.50 Å². The summed E-state index contributed by atoms with van der Waals surface area (Å²) in [5.41, 5.74) is 5.65. The third kappa shape index (κ3) is 3.85. The fourth-order valence-electron chi connectivity index (χ4n) is 3.62. The lowest BCUT2D eigenvalue weighted by molar-refractivity contribution is 0.475. The van der Waals surface area contributed by atoms with Crippen LogP contribution >= 0.6 is 0 Å². The second kappa shape index (κ2) is 7.95. The Morgan fingerprint density at radius 3 is 2.23 bits per heavy atom. The van der Waals surface area contributed by atoms with Crippen LogP contribution < -0.4 is 5.32 Å². The standard InChI is InChI=1S/C26H20FN3O/c27-22-11-6-18(7-12-22)16-28-26-25(20-8-13-23(31)14-9-20)29-24-15-10-21(17-30(24)26)19-4-2-1-3-5-19/h1-15,17,28,31H,16H2. The number of aromatic nitrogens is 2. The van der Waals surface area contributed by atoms with Gasteiger partial charge in [-0.25, -0.2) is 9.37 Å². The zero-order valence-corrected chi connectivity index (χ0v) is 16.7. The van der Waals surface area contributed by atoms with Gasteiger partial charge in [-0.1, -0.05) is 42.5 Å². The number of halogens is 1. The Balaban J connectivity index is 1.61. The Morgan fingerprint density at radius 1 is 0.774 bits per heavy atom. The number of hydrogen-bond acceptors (Lipinski definition) is 3. The van der Waals surface area contributed by atoms with Crippen LogP contribution in [0.5, 0.6) is 5.75 Å². The van der Waals surface area contributed by atoms with Gasteiger partial charge in [-0.05, 0) is 65.2 Å². The molecule has 5 heteroatoms. The number of hydrogen-bond donors (Lipinski definition) is 2. The van der Waals surface area contributed by atoms with Crippen LogP contribution in [0.3, 0.4) is 0 Å². The molecular weight excluding hydrogens is 389 g/mol. The van der Waals surface area contributed by atoms with Crippen LogP contribution in [0.25, 0.3) is 28.0 Å². The number of imidazole rings is 1. The summed E-state index contributed by atoms with van der Waals surface area (Å²) in [5.74, 6) is 0.790. The van der Waals surface area contributed by atoms with Crippen LogP contribution in [-0.4, -0.2) is 14.5 Å². The van der Waals surface area contributed by atoms with Crippen molar-refractivity contribution in [2.45, 2.75) is 6.54 Å². The first kappa shape index (κ1) is 18.9. The van der Waals surface area contributed by atoms with E-state index < -0.39 is 0 Å². The van der Waals surface area contributed by atoms with E-state index >= 15 is 0 Å². The third-order valence-corrected chi connectivity index (χ3v) is 5.24. The highest BCUT2D eigenvalue weighted by Gasteiger charge is 2.15.